The minimum Gasteiger partial charge on any atom is -0.348 e. The molecule has 0 saturated carbocycles. The number of hydrogen-bond donors (Lipinski definition) is 2. The normalized spacial score (nSPS) is 23.9. The van der Waals surface area contributed by atoms with Crippen LogP contribution >= 0.6 is 23.2 Å². The van der Waals surface area contributed by atoms with Gasteiger partial charge in [0, 0.05) is 28.1 Å². The third kappa shape index (κ3) is 3.07. The molecule has 0 aromatic heterocycles. The Morgan fingerprint density at radius 3 is 2.47 bits per heavy atom. The molecule has 1 saturated heterocycles. The Kier molecular flexibility index (Phi) is 4.93. The summed E-state index contributed by atoms with van der Waals surface area (Å²) in [5.74, 6) is -0.886. The van der Waals surface area contributed by atoms with Gasteiger partial charge >= 0.3 is 0 Å². The second-order valence-corrected chi connectivity index (χ2v) is 8.94. The van der Waals surface area contributed by atoms with Crippen LogP contribution in [-0.2, 0) is 15.0 Å². The Morgan fingerprint density at radius 2 is 1.69 bits per heavy atom. The molecule has 2 N–H and O–H groups in total. The molecule has 2 aliphatic rings. The third-order valence-electron chi connectivity index (χ3n) is 6.35. The number of piperidine rings is 1. The lowest BCUT2D eigenvalue weighted by Gasteiger charge is -2.46. The Hall–Kier alpha value is -3.33. The molecule has 0 bridgehead atoms. The van der Waals surface area contributed by atoms with Gasteiger partial charge in [0.25, 0.3) is 0 Å². The van der Waals surface area contributed by atoms with Crippen molar-refractivity contribution in [1.82, 2.24) is 5.32 Å². The van der Waals surface area contributed by atoms with Crippen LogP contribution < -0.4 is 10.6 Å². The SMILES string of the molecule is N#Cc1cccc([C@H]2NC(=O)C[C@@H](c3cccc(Cl)c3)[C@]23C(=O)Nc2cc(Cl)ccc23)c1. The topological polar surface area (TPSA) is 82.0 Å². The number of benzene rings is 3. The second-order valence-electron chi connectivity index (χ2n) is 8.06. The number of halogens is 2. The molecule has 5 rings (SSSR count). The molecule has 2 amide bonds. The van der Waals surface area contributed by atoms with Crippen molar-refractivity contribution in [1.29, 1.82) is 5.26 Å². The van der Waals surface area contributed by atoms with Crippen LogP contribution in [0.4, 0.5) is 5.69 Å². The summed E-state index contributed by atoms with van der Waals surface area (Å²) in [6, 6.07) is 21.0. The van der Waals surface area contributed by atoms with Gasteiger partial charge in [0.15, 0.2) is 0 Å². The average molecular weight is 462 g/mol. The molecule has 32 heavy (non-hydrogen) atoms. The molecule has 2 heterocycles. The maximum atomic E-state index is 13.8. The molecule has 0 radical (unpaired) electrons. The number of carbonyl (C=O) groups is 2. The average Bonchev–Trinajstić information content (AvgIpc) is 3.06. The monoisotopic (exact) mass is 461 g/mol. The number of hydrogen-bond acceptors (Lipinski definition) is 3. The van der Waals surface area contributed by atoms with E-state index in [2.05, 4.69) is 16.7 Å². The molecule has 1 spiro atoms. The molecule has 3 aromatic carbocycles. The highest BCUT2D eigenvalue weighted by molar-refractivity contribution is 6.31. The smallest absolute Gasteiger partial charge is 0.238 e. The highest BCUT2D eigenvalue weighted by atomic mass is 35.5. The van der Waals surface area contributed by atoms with E-state index >= 15 is 0 Å². The molecule has 158 valence electrons. The minimum absolute atomic E-state index is 0.115. The molecule has 0 aliphatic carbocycles. The molecular weight excluding hydrogens is 445 g/mol. The standard InChI is InChI=1S/C25H17Cl2N3O2/c26-17-6-2-4-15(10-17)20-12-22(31)30-23(16-5-1-3-14(9-16)13-28)25(20)19-8-7-18(27)11-21(19)29-24(25)32/h1-11,20,23H,12H2,(H,29,32)(H,30,31)/t20-,23+,25-/m0/s1. The van der Waals surface area contributed by atoms with Crippen LogP contribution in [0.15, 0.2) is 66.7 Å². The highest BCUT2D eigenvalue weighted by Gasteiger charge is 2.61. The van der Waals surface area contributed by atoms with Crippen molar-refractivity contribution in [2.75, 3.05) is 5.32 Å². The van der Waals surface area contributed by atoms with Crippen molar-refractivity contribution in [2.45, 2.75) is 23.8 Å². The summed E-state index contributed by atoms with van der Waals surface area (Å²) in [6.07, 6.45) is 0.115. The van der Waals surface area contributed by atoms with Gasteiger partial charge in [-0.05, 0) is 53.1 Å². The number of carbonyl (C=O) groups excluding carboxylic acids is 2. The Morgan fingerprint density at radius 1 is 0.938 bits per heavy atom. The lowest BCUT2D eigenvalue weighted by Crippen LogP contribution is -2.56. The first-order valence-electron chi connectivity index (χ1n) is 10.1. The second kappa shape index (κ2) is 7.67. The number of rotatable bonds is 2. The predicted molar refractivity (Wildman–Crippen MR) is 123 cm³/mol. The number of nitrogens with one attached hydrogen (secondary N) is 2. The minimum atomic E-state index is -1.15. The van der Waals surface area contributed by atoms with E-state index in [1.54, 1.807) is 42.5 Å². The van der Waals surface area contributed by atoms with E-state index in [9.17, 15) is 14.9 Å². The van der Waals surface area contributed by atoms with Crippen LogP contribution in [0, 0.1) is 11.3 Å². The van der Waals surface area contributed by atoms with Gasteiger partial charge in [0.05, 0.1) is 17.7 Å². The third-order valence-corrected chi connectivity index (χ3v) is 6.82. The van der Waals surface area contributed by atoms with Gasteiger partial charge in [-0.25, -0.2) is 0 Å². The van der Waals surface area contributed by atoms with Gasteiger partial charge in [-0.2, -0.15) is 5.26 Å². The summed E-state index contributed by atoms with van der Waals surface area (Å²) >= 11 is 12.5. The quantitative estimate of drug-likeness (QED) is 0.556. The first-order chi connectivity index (χ1) is 15.4. The number of anilines is 1. The molecule has 2 aliphatic heterocycles. The van der Waals surface area contributed by atoms with Crippen molar-refractivity contribution in [3.63, 3.8) is 0 Å². The molecule has 5 nitrogen and oxygen atoms in total. The molecule has 0 unspecified atom stereocenters. The van der Waals surface area contributed by atoms with Crippen LogP contribution in [0.5, 0.6) is 0 Å². The van der Waals surface area contributed by atoms with E-state index < -0.39 is 17.4 Å². The van der Waals surface area contributed by atoms with E-state index in [0.29, 0.717) is 26.9 Å². The van der Waals surface area contributed by atoms with Gasteiger partial charge in [-0.15, -0.1) is 0 Å². The van der Waals surface area contributed by atoms with E-state index in [0.717, 1.165) is 11.1 Å². The Balaban J connectivity index is 1.81. The van der Waals surface area contributed by atoms with E-state index in [-0.39, 0.29) is 18.2 Å². The van der Waals surface area contributed by atoms with Crippen LogP contribution in [0.25, 0.3) is 0 Å². The van der Waals surface area contributed by atoms with Crippen molar-refractivity contribution >= 4 is 40.7 Å². The van der Waals surface area contributed by atoms with Gasteiger partial charge in [0.2, 0.25) is 11.8 Å². The zero-order chi connectivity index (χ0) is 22.5. The zero-order valence-electron chi connectivity index (χ0n) is 16.7. The fourth-order valence-electron chi connectivity index (χ4n) is 5.08. The van der Waals surface area contributed by atoms with Crippen LogP contribution in [0.3, 0.4) is 0 Å². The number of nitrogens with zero attached hydrogens (tertiary/aromatic N) is 1. The van der Waals surface area contributed by atoms with Crippen LogP contribution in [-0.4, -0.2) is 11.8 Å². The van der Waals surface area contributed by atoms with E-state index in [1.165, 1.54) is 0 Å². The van der Waals surface area contributed by atoms with Gasteiger partial charge in [-0.3, -0.25) is 9.59 Å². The van der Waals surface area contributed by atoms with Crippen molar-refractivity contribution < 1.29 is 9.59 Å². The molecule has 1 fully saturated rings. The Bertz CT molecular complexity index is 1320. The first kappa shape index (κ1) is 20.6. The molecule has 3 atom stereocenters. The van der Waals surface area contributed by atoms with Gasteiger partial charge in [0.1, 0.15) is 5.41 Å². The summed E-state index contributed by atoms with van der Waals surface area (Å²) in [7, 11) is 0. The number of fused-ring (bicyclic) bond motifs is 2. The molecule has 7 heteroatoms. The van der Waals surface area contributed by atoms with Crippen molar-refractivity contribution in [2.24, 2.45) is 0 Å². The number of amides is 2. The van der Waals surface area contributed by atoms with Crippen molar-refractivity contribution in [3.05, 3.63) is 99.0 Å². The van der Waals surface area contributed by atoms with E-state index in [1.807, 2.05) is 24.3 Å². The maximum absolute atomic E-state index is 13.8. The zero-order valence-corrected chi connectivity index (χ0v) is 18.2. The van der Waals surface area contributed by atoms with Crippen LogP contribution in [0.1, 0.15) is 40.6 Å². The fraction of sp³-hybridized carbons (Fsp3) is 0.160. The lowest BCUT2D eigenvalue weighted by molar-refractivity contribution is -0.131. The molecule has 3 aromatic rings. The molecular formula is C25H17Cl2N3O2. The maximum Gasteiger partial charge on any atom is 0.238 e. The summed E-state index contributed by atoms with van der Waals surface area (Å²) in [4.78, 5) is 26.8. The summed E-state index contributed by atoms with van der Waals surface area (Å²) in [5.41, 5.74) is 2.16. The van der Waals surface area contributed by atoms with E-state index in [4.69, 9.17) is 23.2 Å². The Labute approximate surface area is 195 Å². The van der Waals surface area contributed by atoms with Gasteiger partial charge in [-0.1, -0.05) is 53.5 Å². The van der Waals surface area contributed by atoms with Crippen molar-refractivity contribution in [3.8, 4) is 6.07 Å². The predicted octanol–water partition coefficient (Wildman–Crippen LogP) is 5.10. The highest BCUT2D eigenvalue weighted by Crippen LogP contribution is 2.57. The lowest BCUT2D eigenvalue weighted by atomic mass is 9.59. The number of nitriles is 1. The largest absolute Gasteiger partial charge is 0.348 e. The summed E-state index contributed by atoms with van der Waals surface area (Å²) in [6.45, 7) is 0. The summed E-state index contributed by atoms with van der Waals surface area (Å²) in [5, 5.41) is 16.5. The fourth-order valence-corrected chi connectivity index (χ4v) is 5.45. The summed E-state index contributed by atoms with van der Waals surface area (Å²) < 4.78 is 0. The first-order valence-corrected chi connectivity index (χ1v) is 10.9. The van der Waals surface area contributed by atoms with Crippen LogP contribution in [0.2, 0.25) is 10.0 Å². The van der Waals surface area contributed by atoms with Gasteiger partial charge < -0.3 is 10.6 Å².